The van der Waals surface area contributed by atoms with Crippen LogP contribution in [-0.4, -0.2) is 42.1 Å². The summed E-state index contributed by atoms with van der Waals surface area (Å²) in [5, 5.41) is 9.15. The number of methoxy groups -OCH3 is 1. The van der Waals surface area contributed by atoms with Crippen molar-refractivity contribution in [3.8, 4) is 11.8 Å². The first-order valence-electron chi connectivity index (χ1n) is 8.25. The van der Waals surface area contributed by atoms with Gasteiger partial charge >= 0.3 is 0 Å². The van der Waals surface area contributed by atoms with E-state index in [4.69, 9.17) is 10.00 Å². The van der Waals surface area contributed by atoms with Crippen LogP contribution in [0, 0.1) is 18.3 Å². The van der Waals surface area contributed by atoms with Gasteiger partial charge in [0.15, 0.2) is 0 Å². The third-order valence-electron chi connectivity index (χ3n) is 4.81. The van der Waals surface area contributed by atoms with Crippen molar-refractivity contribution in [3.63, 3.8) is 0 Å². The van der Waals surface area contributed by atoms with Crippen molar-refractivity contribution in [2.75, 3.05) is 31.6 Å². The standard InChI is InChI=1S/C19H22N4O2/c1-14-15(9-17(11-20)21(14)2)12-22-7-8-23(19(24)13-22)16-5-4-6-18(10-16)25-3/h4-6,9-10H,7-8,12-13H2,1-3H3. The summed E-state index contributed by atoms with van der Waals surface area (Å²) in [4.78, 5) is 16.5. The van der Waals surface area contributed by atoms with Crippen molar-refractivity contribution < 1.29 is 9.53 Å². The molecule has 0 radical (unpaired) electrons. The van der Waals surface area contributed by atoms with Crippen molar-refractivity contribution in [1.29, 1.82) is 5.26 Å². The van der Waals surface area contributed by atoms with Crippen LogP contribution in [0.5, 0.6) is 5.75 Å². The van der Waals surface area contributed by atoms with Gasteiger partial charge in [-0.05, 0) is 30.7 Å². The van der Waals surface area contributed by atoms with E-state index >= 15 is 0 Å². The molecule has 1 aliphatic rings. The van der Waals surface area contributed by atoms with Crippen molar-refractivity contribution in [3.05, 3.63) is 47.3 Å². The minimum atomic E-state index is 0.0774. The Balaban J connectivity index is 1.70. The lowest BCUT2D eigenvalue weighted by atomic mass is 10.2. The van der Waals surface area contributed by atoms with E-state index in [1.54, 1.807) is 12.0 Å². The number of nitriles is 1. The molecular weight excluding hydrogens is 316 g/mol. The Kier molecular flexibility index (Phi) is 4.77. The summed E-state index contributed by atoms with van der Waals surface area (Å²) in [6.45, 7) is 4.49. The van der Waals surface area contributed by atoms with Gasteiger partial charge < -0.3 is 14.2 Å². The lowest BCUT2D eigenvalue weighted by Crippen LogP contribution is -2.50. The molecule has 0 spiro atoms. The van der Waals surface area contributed by atoms with Crippen LogP contribution in [0.3, 0.4) is 0 Å². The molecule has 25 heavy (non-hydrogen) atoms. The van der Waals surface area contributed by atoms with E-state index < -0.39 is 0 Å². The Morgan fingerprint density at radius 2 is 2.08 bits per heavy atom. The molecule has 1 amide bonds. The highest BCUT2D eigenvalue weighted by Crippen LogP contribution is 2.23. The highest BCUT2D eigenvalue weighted by molar-refractivity contribution is 5.95. The summed E-state index contributed by atoms with van der Waals surface area (Å²) in [7, 11) is 3.51. The molecule has 2 heterocycles. The zero-order chi connectivity index (χ0) is 18.0. The fourth-order valence-electron chi connectivity index (χ4n) is 3.18. The SMILES string of the molecule is COc1cccc(N2CCN(Cc3cc(C#N)n(C)c3C)CC2=O)c1. The van der Waals surface area contributed by atoms with E-state index in [1.165, 1.54) is 0 Å². The average Bonchev–Trinajstić information content (AvgIpc) is 2.89. The second-order valence-electron chi connectivity index (χ2n) is 6.27. The first kappa shape index (κ1) is 17.1. The number of carbonyl (C=O) groups excluding carboxylic acids is 1. The van der Waals surface area contributed by atoms with E-state index in [0.717, 1.165) is 29.2 Å². The number of amides is 1. The zero-order valence-electron chi connectivity index (χ0n) is 14.8. The molecule has 130 valence electrons. The first-order valence-corrected chi connectivity index (χ1v) is 8.25. The van der Waals surface area contributed by atoms with Gasteiger partial charge in [-0.2, -0.15) is 5.26 Å². The van der Waals surface area contributed by atoms with Gasteiger partial charge in [-0.25, -0.2) is 0 Å². The molecule has 1 saturated heterocycles. The van der Waals surface area contributed by atoms with Crippen LogP contribution in [0.25, 0.3) is 0 Å². The Hall–Kier alpha value is -2.78. The predicted octanol–water partition coefficient (Wildman–Crippen LogP) is 2.06. The van der Waals surface area contributed by atoms with Crippen LogP contribution in [0.4, 0.5) is 5.69 Å². The molecule has 0 bridgehead atoms. The van der Waals surface area contributed by atoms with E-state index in [2.05, 4.69) is 11.0 Å². The van der Waals surface area contributed by atoms with Gasteiger partial charge in [0.1, 0.15) is 17.5 Å². The Morgan fingerprint density at radius 1 is 1.28 bits per heavy atom. The molecular formula is C19H22N4O2. The maximum Gasteiger partial charge on any atom is 0.241 e. The molecule has 1 aromatic carbocycles. The highest BCUT2D eigenvalue weighted by atomic mass is 16.5. The summed E-state index contributed by atoms with van der Waals surface area (Å²) in [6.07, 6.45) is 0. The largest absolute Gasteiger partial charge is 0.497 e. The van der Waals surface area contributed by atoms with E-state index in [9.17, 15) is 4.79 Å². The number of rotatable bonds is 4. The number of ether oxygens (including phenoxy) is 1. The highest BCUT2D eigenvalue weighted by Gasteiger charge is 2.26. The lowest BCUT2D eigenvalue weighted by molar-refractivity contribution is -0.121. The number of hydrogen-bond donors (Lipinski definition) is 0. The fourth-order valence-corrected chi connectivity index (χ4v) is 3.18. The number of anilines is 1. The number of nitrogens with zero attached hydrogens (tertiary/aromatic N) is 4. The van der Waals surface area contributed by atoms with Gasteiger partial charge in [-0.3, -0.25) is 9.69 Å². The monoisotopic (exact) mass is 338 g/mol. The van der Waals surface area contributed by atoms with E-state index in [1.807, 2.05) is 48.9 Å². The van der Waals surface area contributed by atoms with Crippen molar-refractivity contribution in [1.82, 2.24) is 9.47 Å². The third-order valence-corrected chi connectivity index (χ3v) is 4.81. The van der Waals surface area contributed by atoms with Crippen molar-refractivity contribution in [2.24, 2.45) is 7.05 Å². The Labute approximate surface area is 147 Å². The molecule has 0 aliphatic carbocycles. The quantitative estimate of drug-likeness (QED) is 0.856. The van der Waals surface area contributed by atoms with Gasteiger partial charge in [-0.15, -0.1) is 0 Å². The second-order valence-corrected chi connectivity index (χ2v) is 6.27. The molecule has 1 aliphatic heterocycles. The molecule has 0 saturated carbocycles. The van der Waals surface area contributed by atoms with Crippen LogP contribution >= 0.6 is 0 Å². The first-order chi connectivity index (χ1) is 12.0. The average molecular weight is 338 g/mol. The number of carbonyl (C=O) groups is 1. The minimum Gasteiger partial charge on any atom is -0.497 e. The lowest BCUT2D eigenvalue weighted by Gasteiger charge is -2.34. The maximum atomic E-state index is 12.6. The van der Waals surface area contributed by atoms with Crippen LogP contribution in [-0.2, 0) is 18.4 Å². The molecule has 2 aromatic rings. The number of hydrogen-bond acceptors (Lipinski definition) is 4. The molecule has 0 N–H and O–H groups in total. The smallest absolute Gasteiger partial charge is 0.241 e. The van der Waals surface area contributed by atoms with Crippen LogP contribution < -0.4 is 9.64 Å². The number of aromatic nitrogens is 1. The summed E-state index contributed by atoms with van der Waals surface area (Å²) >= 11 is 0. The molecule has 0 unspecified atom stereocenters. The number of benzene rings is 1. The summed E-state index contributed by atoms with van der Waals surface area (Å²) in [6, 6.07) is 11.7. The summed E-state index contributed by atoms with van der Waals surface area (Å²) in [5.41, 5.74) is 3.68. The van der Waals surface area contributed by atoms with Gasteiger partial charge in [-0.1, -0.05) is 6.07 Å². The predicted molar refractivity (Wildman–Crippen MR) is 95.5 cm³/mol. The van der Waals surface area contributed by atoms with Gasteiger partial charge in [0.05, 0.1) is 13.7 Å². The molecule has 1 fully saturated rings. The Morgan fingerprint density at radius 3 is 2.72 bits per heavy atom. The molecule has 1 aromatic heterocycles. The van der Waals surface area contributed by atoms with Crippen molar-refractivity contribution >= 4 is 11.6 Å². The van der Waals surface area contributed by atoms with Gasteiger partial charge in [0.25, 0.3) is 0 Å². The third kappa shape index (κ3) is 3.37. The van der Waals surface area contributed by atoms with Gasteiger partial charge in [0.2, 0.25) is 5.91 Å². The molecule has 3 rings (SSSR count). The molecule has 0 atom stereocenters. The van der Waals surface area contributed by atoms with E-state index in [-0.39, 0.29) is 5.91 Å². The minimum absolute atomic E-state index is 0.0774. The number of piperazine rings is 1. The van der Waals surface area contributed by atoms with Crippen molar-refractivity contribution in [2.45, 2.75) is 13.5 Å². The zero-order valence-corrected chi connectivity index (χ0v) is 14.8. The van der Waals surface area contributed by atoms with Gasteiger partial charge in [0, 0.05) is 44.1 Å². The second kappa shape index (κ2) is 6.99. The molecule has 6 nitrogen and oxygen atoms in total. The topological polar surface area (TPSA) is 61.5 Å². The normalized spacial score (nSPS) is 15.3. The summed E-state index contributed by atoms with van der Waals surface area (Å²) < 4.78 is 7.13. The summed E-state index contributed by atoms with van der Waals surface area (Å²) in [5.74, 6) is 0.824. The fraction of sp³-hybridized carbons (Fsp3) is 0.368. The van der Waals surface area contributed by atoms with Crippen LogP contribution in [0.2, 0.25) is 0 Å². The molecule has 6 heteroatoms. The Bertz CT molecular complexity index is 834. The maximum absolute atomic E-state index is 12.6. The van der Waals surface area contributed by atoms with E-state index in [0.29, 0.717) is 25.3 Å². The van der Waals surface area contributed by atoms with Crippen LogP contribution in [0.15, 0.2) is 30.3 Å². The van der Waals surface area contributed by atoms with Crippen LogP contribution in [0.1, 0.15) is 17.0 Å².